The fourth-order valence-electron chi connectivity index (χ4n) is 4.72. The van der Waals surface area contributed by atoms with Gasteiger partial charge < -0.3 is 14.9 Å². The highest BCUT2D eigenvalue weighted by Gasteiger charge is 2.44. The second-order valence-corrected chi connectivity index (χ2v) is 8.54. The zero-order valence-electron chi connectivity index (χ0n) is 17.3. The number of rotatable bonds is 10. The predicted molar refractivity (Wildman–Crippen MR) is 108 cm³/mol. The summed E-state index contributed by atoms with van der Waals surface area (Å²) >= 11 is 0. The Hall–Kier alpha value is -1.13. The van der Waals surface area contributed by atoms with Crippen LogP contribution in [0.2, 0.25) is 0 Å². The topological polar surface area (TPSA) is 66.8 Å². The molecule has 0 aromatic rings. The highest BCUT2D eigenvalue weighted by atomic mass is 16.5. The molecule has 0 heterocycles. The van der Waals surface area contributed by atoms with Crippen LogP contribution < -0.4 is 0 Å². The normalized spacial score (nSPS) is 31.4. The van der Waals surface area contributed by atoms with Crippen LogP contribution in [0.1, 0.15) is 71.6 Å². The zero-order chi connectivity index (χ0) is 19.8. The molecule has 27 heavy (non-hydrogen) atoms. The summed E-state index contributed by atoms with van der Waals surface area (Å²) in [5.41, 5.74) is 1.47. The number of methoxy groups -OCH3 is 1. The minimum absolute atomic E-state index is 0.142. The Morgan fingerprint density at radius 3 is 2.81 bits per heavy atom. The molecular formula is C23H38O4. The molecule has 4 heteroatoms. The average molecular weight is 379 g/mol. The van der Waals surface area contributed by atoms with E-state index in [1.807, 2.05) is 6.08 Å². The first-order valence-corrected chi connectivity index (χ1v) is 10.7. The number of hydrogen-bond donors (Lipinski definition) is 2. The molecule has 0 spiro atoms. The molecule has 2 fully saturated rings. The summed E-state index contributed by atoms with van der Waals surface area (Å²) in [5.74, 6) is 1.32. The minimum atomic E-state index is -0.419. The van der Waals surface area contributed by atoms with Gasteiger partial charge in [-0.05, 0) is 56.3 Å². The van der Waals surface area contributed by atoms with Gasteiger partial charge in [0.15, 0.2) is 0 Å². The summed E-state index contributed by atoms with van der Waals surface area (Å²) in [4.78, 5) is 11.2. The van der Waals surface area contributed by atoms with E-state index in [9.17, 15) is 15.0 Å². The molecule has 2 aliphatic rings. The smallest absolute Gasteiger partial charge is 0.305 e. The van der Waals surface area contributed by atoms with Gasteiger partial charge >= 0.3 is 5.97 Å². The lowest BCUT2D eigenvalue weighted by Gasteiger charge is -2.19. The SMILES string of the molecule is CCCC[C@H](C)[C@@H](O)C=C[C@@H]1[C@H]2CC(=CCCCC(=O)OC)C[C@@H]2C[C@H]1O. The van der Waals surface area contributed by atoms with E-state index in [0.29, 0.717) is 18.3 Å². The summed E-state index contributed by atoms with van der Waals surface area (Å²) in [6, 6.07) is 0. The van der Waals surface area contributed by atoms with Gasteiger partial charge in [-0.3, -0.25) is 4.79 Å². The van der Waals surface area contributed by atoms with Crippen LogP contribution in [-0.2, 0) is 9.53 Å². The third-order valence-electron chi connectivity index (χ3n) is 6.48. The van der Waals surface area contributed by atoms with Gasteiger partial charge in [0, 0.05) is 12.3 Å². The first kappa shape index (κ1) is 22.2. The van der Waals surface area contributed by atoms with Gasteiger partial charge in [0.25, 0.3) is 0 Å². The van der Waals surface area contributed by atoms with Crippen molar-refractivity contribution in [1.82, 2.24) is 0 Å². The largest absolute Gasteiger partial charge is 0.469 e. The lowest BCUT2D eigenvalue weighted by molar-refractivity contribution is -0.140. The monoisotopic (exact) mass is 378 g/mol. The van der Waals surface area contributed by atoms with E-state index >= 15 is 0 Å². The zero-order valence-corrected chi connectivity index (χ0v) is 17.3. The number of aliphatic hydroxyl groups excluding tert-OH is 2. The van der Waals surface area contributed by atoms with E-state index in [0.717, 1.165) is 51.4 Å². The number of carbonyl (C=O) groups is 1. The summed E-state index contributed by atoms with van der Waals surface area (Å²) in [5, 5.41) is 20.8. The molecule has 2 aliphatic carbocycles. The third-order valence-corrected chi connectivity index (χ3v) is 6.48. The van der Waals surface area contributed by atoms with Crippen LogP contribution >= 0.6 is 0 Å². The third kappa shape index (κ3) is 6.46. The maximum absolute atomic E-state index is 11.2. The molecule has 154 valence electrons. The lowest BCUT2D eigenvalue weighted by atomic mass is 9.89. The van der Waals surface area contributed by atoms with Crippen molar-refractivity contribution in [2.24, 2.45) is 23.7 Å². The molecule has 4 nitrogen and oxygen atoms in total. The molecule has 0 unspecified atom stereocenters. The van der Waals surface area contributed by atoms with E-state index < -0.39 is 6.10 Å². The first-order valence-electron chi connectivity index (χ1n) is 10.7. The second kappa shape index (κ2) is 11.0. The molecule has 0 aromatic carbocycles. The van der Waals surface area contributed by atoms with Crippen molar-refractivity contribution in [3.8, 4) is 0 Å². The van der Waals surface area contributed by atoms with Crippen LogP contribution in [0.4, 0.5) is 0 Å². The van der Waals surface area contributed by atoms with Gasteiger partial charge in [-0.2, -0.15) is 0 Å². The predicted octanol–water partition coefficient (Wildman–Crippen LogP) is 4.41. The second-order valence-electron chi connectivity index (χ2n) is 8.54. The molecule has 0 bridgehead atoms. The van der Waals surface area contributed by atoms with Gasteiger partial charge in [0.2, 0.25) is 0 Å². The Morgan fingerprint density at radius 1 is 1.33 bits per heavy atom. The number of esters is 1. The van der Waals surface area contributed by atoms with E-state index in [-0.39, 0.29) is 23.9 Å². The standard InChI is InChI=1S/C23H38O4/c1-4-5-8-16(2)21(24)12-11-19-20-14-17(13-18(20)15-22(19)25)9-6-7-10-23(26)27-3/h9,11-12,16,18-22,24-25H,4-8,10,13-15H2,1-3H3/t16-,18+,19+,20-,21-,22+/m0/s1. The number of allylic oxidation sites excluding steroid dienone is 2. The Bertz CT molecular complexity index is 524. The number of carbonyl (C=O) groups excluding carboxylic acids is 1. The Kier molecular flexibility index (Phi) is 9.04. The molecule has 6 atom stereocenters. The Balaban J connectivity index is 1.85. The van der Waals surface area contributed by atoms with Crippen molar-refractivity contribution in [3.05, 3.63) is 23.8 Å². The number of hydrogen-bond acceptors (Lipinski definition) is 4. The van der Waals surface area contributed by atoms with Crippen molar-refractivity contribution in [3.63, 3.8) is 0 Å². The van der Waals surface area contributed by atoms with Crippen molar-refractivity contribution >= 4 is 5.97 Å². The van der Waals surface area contributed by atoms with Crippen LogP contribution in [0.15, 0.2) is 23.8 Å². The van der Waals surface area contributed by atoms with Crippen LogP contribution in [0.5, 0.6) is 0 Å². The fourth-order valence-corrected chi connectivity index (χ4v) is 4.72. The minimum Gasteiger partial charge on any atom is -0.469 e. The number of ether oxygens (including phenoxy) is 1. The summed E-state index contributed by atoms with van der Waals surface area (Å²) in [6.07, 6.45) is 14.1. The molecule has 0 aromatic heterocycles. The van der Waals surface area contributed by atoms with Gasteiger partial charge in [-0.15, -0.1) is 0 Å². The van der Waals surface area contributed by atoms with Crippen molar-refractivity contribution in [2.45, 2.75) is 83.8 Å². The van der Waals surface area contributed by atoms with E-state index in [2.05, 4.69) is 30.7 Å². The van der Waals surface area contributed by atoms with Gasteiger partial charge in [0.05, 0.1) is 19.3 Å². The molecule has 2 rings (SSSR count). The number of aliphatic hydroxyl groups is 2. The van der Waals surface area contributed by atoms with E-state index in [1.165, 1.54) is 12.7 Å². The van der Waals surface area contributed by atoms with Crippen LogP contribution in [0.3, 0.4) is 0 Å². The number of fused-ring (bicyclic) bond motifs is 1. The van der Waals surface area contributed by atoms with Crippen LogP contribution in [0, 0.1) is 23.7 Å². The van der Waals surface area contributed by atoms with Crippen molar-refractivity contribution in [1.29, 1.82) is 0 Å². The van der Waals surface area contributed by atoms with E-state index in [1.54, 1.807) is 0 Å². The van der Waals surface area contributed by atoms with Gasteiger partial charge in [-0.1, -0.05) is 50.5 Å². The first-order chi connectivity index (χ1) is 13.0. The van der Waals surface area contributed by atoms with Gasteiger partial charge in [-0.25, -0.2) is 0 Å². The molecule has 0 saturated heterocycles. The maximum atomic E-state index is 11.2. The lowest BCUT2D eigenvalue weighted by Crippen LogP contribution is -2.19. The molecule has 2 N–H and O–H groups in total. The van der Waals surface area contributed by atoms with Gasteiger partial charge in [0.1, 0.15) is 0 Å². The van der Waals surface area contributed by atoms with Crippen LogP contribution in [0.25, 0.3) is 0 Å². The quantitative estimate of drug-likeness (QED) is 0.336. The highest BCUT2D eigenvalue weighted by molar-refractivity contribution is 5.69. The molecule has 0 amide bonds. The highest BCUT2D eigenvalue weighted by Crippen LogP contribution is 2.50. The molecule has 2 saturated carbocycles. The maximum Gasteiger partial charge on any atom is 0.305 e. The molecular weight excluding hydrogens is 340 g/mol. The summed E-state index contributed by atoms with van der Waals surface area (Å²) < 4.78 is 4.68. The van der Waals surface area contributed by atoms with Crippen LogP contribution in [-0.4, -0.2) is 35.5 Å². The molecule has 0 radical (unpaired) electrons. The number of unbranched alkanes of at least 4 members (excludes halogenated alkanes) is 2. The van der Waals surface area contributed by atoms with E-state index in [4.69, 9.17) is 0 Å². The molecule has 0 aliphatic heterocycles. The Morgan fingerprint density at radius 2 is 2.11 bits per heavy atom. The van der Waals surface area contributed by atoms with Crippen molar-refractivity contribution in [2.75, 3.05) is 7.11 Å². The summed E-state index contributed by atoms with van der Waals surface area (Å²) in [7, 11) is 1.43. The average Bonchev–Trinajstić information content (AvgIpc) is 3.17. The fraction of sp³-hybridized carbons (Fsp3) is 0.783. The summed E-state index contributed by atoms with van der Waals surface area (Å²) in [6.45, 7) is 4.27. The Labute approximate surface area is 164 Å². The van der Waals surface area contributed by atoms with Crippen molar-refractivity contribution < 1.29 is 19.7 Å².